The molecule has 0 bridgehead atoms. The molecular weight excluding hydrogens is 252 g/mol. The van der Waals surface area contributed by atoms with Crippen LogP contribution in [0.3, 0.4) is 0 Å². The Morgan fingerprint density at radius 1 is 1.30 bits per heavy atom. The minimum Gasteiger partial charge on any atom is -0.465 e. The molecule has 4 heteroatoms. The molecule has 1 aromatic rings. The maximum atomic E-state index is 11.3. The Morgan fingerprint density at radius 2 is 2.05 bits per heavy atom. The topological polar surface area (TPSA) is 43.8 Å². The molecule has 0 aromatic heterocycles. The Hall–Kier alpha value is -1.71. The standard InChI is InChI=1S/C16H22N2O2/c1-16(2,3)18-10-12-9-17(15(19)20)8-7-11-5-4-6-13(18)14(11)12/h4-6,12H,7-10H2,1-3H3,(H,19,20)/t12-/m0/s1. The molecule has 0 unspecified atom stereocenters. The van der Waals surface area contributed by atoms with E-state index < -0.39 is 6.09 Å². The van der Waals surface area contributed by atoms with E-state index in [0.29, 0.717) is 19.0 Å². The lowest BCUT2D eigenvalue weighted by Gasteiger charge is -2.35. The zero-order chi connectivity index (χ0) is 14.5. The van der Waals surface area contributed by atoms with Gasteiger partial charge in [-0.15, -0.1) is 0 Å². The van der Waals surface area contributed by atoms with Crippen LogP contribution in [0.1, 0.15) is 37.8 Å². The largest absolute Gasteiger partial charge is 0.465 e. The molecule has 2 heterocycles. The lowest BCUT2D eigenvalue weighted by molar-refractivity contribution is 0.144. The molecular formula is C16H22N2O2. The number of nitrogens with zero attached hydrogens (tertiary/aromatic N) is 2. The number of hydrogen-bond acceptors (Lipinski definition) is 2. The van der Waals surface area contributed by atoms with Crippen LogP contribution in [-0.4, -0.2) is 41.3 Å². The van der Waals surface area contributed by atoms with E-state index in [0.717, 1.165) is 13.0 Å². The molecule has 0 aliphatic carbocycles. The van der Waals surface area contributed by atoms with E-state index >= 15 is 0 Å². The lowest BCUT2D eigenvalue weighted by atomic mass is 9.95. The molecule has 108 valence electrons. The third kappa shape index (κ3) is 2.03. The number of rotatable bonds is 0. The Kier molecular flexibility index (Phi) is 2.92. The Balaban J connectivity index is 2.04. The molecule has 0 spiro atoms. The summed E-state index contributed by atoms with van der Waals surface area (Å²) in [6.45, 7) is 8.79. The highest BCUT2D eigenvalue weighted by atomic mass is 16.4. The molecule has 1 N–H and O–H groups in total. The van der Waals surface area contributed by atoms with Crippen LogP contribution < -0.4 is 4.90 Å². The zero-order valence-electron chi connectivity index (χ0n) is 12.4. The summed E-state index contributed by atoms with van der Waals surface area (Å²) in [6, 6.07) is 6.44. The summed E-state index contributed by atoms with van der Waals surface area (Å²) >= 11 is 0. The fourth-order valence-electron chi connectivity index (χ4n) is 3.50. The van der Waals surface area contributed by atoms with E-state index in [9.17, 15) is 9.90 Å². The predicted octanol–water partition coefficient (Wildman–Crippen LogP) is 2.92. The molecule has 4 nitrogen and oxygen atoms in total. The van der Waals surface area contributed by atoms with Gasteiger partial charge in [0, 0.05) is 36.8 Å². The van der Waals surface area contributed by atoms with Gasteiger partial charge in [0.2, 0.25) is 0 Å². The highest BCUT2D eigenvalue weighted by Crippen LogP contribution is 2.43. The fraction of sp³-hybridized carbons (Fsp3) is 0.562. The van der Waals surface area contributed by atoms with Crippen molar-refractivity contribution >= 4 is 11.8 Å². The van der Waals surface area contributed by atoms with Crippen LogP contribution in [-0.2, 0) is 6.42 Å². The van der Waals surface area contributed by atoms with Gasteiger partial charge in [-0.2, -0.15) is 0 Å². The van der Waals surface area contributed by atoms with Crippen molar-refractivity contribution in [2.24, 2.45) is 0 Å². The number of carbonyl (C=O) groups is 1. The summed E-state index contributed by atoms with van der Waals surface area (Å²) in [5.74, 6) is 0.305. The second-order valence-electron chi connectivity index (χ2n) is 6.81. The van der Waals surface area contributed by atoms with E-state index in [2.05, 4.69) is 43.9 Å². The van der Waals surface area contributed by atoms with Crippen LogP contribution >= 0.6 is 0 Å². The van der Waals surface area contributed by atoms with Gasteiger partial charge >= 0.3 is 6.09 Å². The average Bonchev–Trinajstić information content (AvgIpc) is 2.62. The minimum absolute atomic E-state index is 0.0649. The average molecular weight is 274 g/mol. The monoisotopic (exact) mass is 274 g/mol. The number of benzene rings is 1. The van der Waals surface area contributed by atoms with E-state index in [-0.39, 0.29) is 5.54 Å². The van der Waals surface area contributed by atoms with Gasteiger partial charge in [-0.25, -0.2) is 4.79 Å². The maximum Gasteiger partial charge on any atom is 0.407 e. The van der Waals surface area contributed by atoms with Crippen molar-refractivity contribution in [1.82, 2.24) is 4.90 Å². The molecule has 0 fully saturated rings. The molecule has 1 amide bonds. The van der Waals surface area contributed by atoms with E-state index in [1.165, 1.54) is 16.8 Å². The van der Waals surface area contributed by atoms with Crippen LogP contribution in [0, 0.1) is 0 Å². The summed E-state index contributed by atoms with van der Waals surface area (Å²) in [5, 5.41) is 9.31. The Bertz CT molecular complexity index is 548. The molecule has 2 aliphatic rings. The van der Waals surface area contributed by atoms with Crippen molar-refractivity contribution in [3.63, 3.8) is 0 Å². The van der Waals surface area contributed by atoms with Crippen LogP contribution in [0.15, 0.2) is 18.2 Å². The third-order valence-electron chi connectivity index (χ3n) is 4.45. The first kappa shape index (κ1) is 13.3. The van der Waals surface area contributed by atoms with Gasteiger partial charge in [0.25, 0.3) is 0 Å². The van der Waals surface area contributed by atoms with Gasteiger partial charge in [0.15, 0.2) is 0 Å². The summed E-state index contributed by atoms with van der Waals surface area (Å²) < 4.78 is 0. The van der Waals surface area contributed by atoms with Crippen LogP contribution in [0.25, 0.3) is 0 Å². The minimum atomic E-state index is -0.798. The van der Waals surface area contributed by atoms with Crippen molar-refractivity contribution in [1.29, 1.82) is 0 Å². The lowest BCUT2D eigenvalue weighted by Crippen LogP contribution is -2.42. The number of hydrogen-bond donors (Lipinski definition) is 1. The first-order valence-electron chi connectivity index (χ1n) is 7.25. The van der Waals surface area contributed by atoms with Gasteiger partial charge < -0.3 is 14.9 Å². The molecule has 1 aromatic carbocycles. The van der Waals surface area contributed by atoms with E-state index in [4.69, 9.17) is 0 Å². The summed E-state index contributed by atoms with van der Waals surface area (Å²) in [5.41, 5.74) is 4.07. The van der Waals surface area contributed by atoms with Crippen molar-refractivity contribution in [2.45, 2.75) is 38.6 Å². The predicted molar refractivity (Wildman–Crippen MR) is 79.6 cm³/mol. The Labute approximate surface area is 120 Å². The van der Waals surface area contributed by atoms with Crippen molar-refractivity contribution < 1.29 is 9.90 Å². The van der Waals surface area contributed by atoms with Crippen molar-refractivity contribution in [2.75, 3.05) is 24.5 Å². The van der Waals surface area contributed by atoms with Gasteiger partial charge in [0.1, 0.15) is 0 Å². The molecule has 3 rings (SSSR count). The van der Waals surface area contributed by atoms with E-state index in [1.807, 2.05) is 0 Å². The van der Waals surface area contributed by atoms with Crippen molar-refractivity contribution in [3.8, 4) is 0 Å². The quantitative estimate of drug-likeness (QED) is 0.791. The maximum absolute atomic E-state index is 11.3. The first-order chi connectivity index (χ1) is 9.38. The molecule has 0 radical (unpaired) electrons. The van der Waals surface area contributed by atoms with Crippen LogP contribution in [0.2, 0.25) is 0 Å². The number of carboxylic acid groups (broad SMARTS) is 1. The second-order valence-corrected chi connectivity index (χ2v) is 6.81. The molecule has 0 saturated carbocycles. The van der Waals surface area contributed by atoms with Crippen LogP contribution in [0.5, 0.6) is 0 Å². The number of amides is 1. The van der Waals surface area contributed by atoms with Gasteiger partial charge in [0.05, 0.1) is 0 Å². The van der Waals surface area contributed by atoms with Gasteiger partial charge in [-0.05, 0) is 44.4 Å². The summed E-state index contributed by atoms with van der Waals surface area (Å²) in [4.78, 5) is 15.3. The summed E-state index contributed by atoms with van der Waals surface area (Å²) in [7, 11) is 0. The van der Waals surface area contributed by atoms with Gasteiger partial charge in [-0.3, -0.25) is 0 Å². The second kappa shape index (κ2) is 4.40. The SMILES string of the molecule is CC(C)(C)N1C[C@@H]2CN(C(=O)O)CCc3cccc1c32. The summed E-state index contributed by atoms with van der Waals surface area (Å²) in [6.07, 6.45) is 0.0257. The van der Waals surface area contributed by atoms with Gasteiger partial charge in [-0.1, -0.05) is 12.1 Å². The van der Waals surface area contributed by atoms with E-state index in [1.54, 1.807) is 4.90 Å². The first-order valence-corrected chi connectivity index (χ1v) is 7.25. The third-order valence-corrected chi connectivity index (χ3v) is 4.45. The fourth-order valence-corrected chi connectivity index (χ4v) is 3.50. The Morgan fingerprint density at radius 3 is 2.70 bits per heavy atom. The normalized spacial score (nSPS) is 21.6. The number of anilines is 1. The molecule has 0 saturated heterocycles. The highest BCUT2D eigenvalue weighted by molar-refractivity contribution is 5.68. The zero-order valence-corrected chi connectivity index (χ0v) is 12.4. The molecule has 2 aliphatic heterocycles. The highest BCUT2D eigenvalue weighted by Gasteiger charge is 2.38. The van der Waals surface area contributed by atoms with Crippen LogP contribution in [0.4, 0.5) is 10.5 Å². The smallest absolute Gasteiger partial charge is 0.407 e. The molecule has 1 atom stereocenters. The van der Waals surface area contributed by atoms with Crippen molar-refractivity contribution in [3.05, 3.63) is 29.3 Å². The molecule has 20 heavy (non-hydrogen) atoms.